The average Bonchev–Trinajstić information content (AvgIpc) is 3.03. The van der Waals surface area contributed by atoms with Crippen molar-refractivity contribution in [3.05, 3.63) is 56.9 Å². The van der Waals surface area contributed by atoms with E-state index < -0.39 is 0 Å². The van der Waals surface area contributed by atoms with Crippen LogP contribution in [0.3, 0.4) is 0 Å². The molecule has 0 fully saturated rings. The van der Waals surface area contributed by atoms with Crippen LogP contribution in [0.4, 0.5) is 10.8 Å². The molecule has 2 aromatic carbocycles. The van der Waals surface area contributed by atoms with Crippen LogP contribution in [0, 0.1) is 27.7 Å². The summed E-state index contributed by atoms with van der Waals surface area (Å²) in [7, 11) is 1.71. The fraction of sp³-hybridized carbons (Fsp3) is 0.348. The summed E-state index contributed by atoms with van der Waals surface area (Å²) in [5, 5.41) is 1.71. The van der Waals surface area contributed by atoms with E-state index in [-0.39, 0.29) is 0 Å². The van der Waals surface area contributed by atoms with E-state index in [1.54, 1.807) is 18.4 Å². The molecule has 0 spiro atoms. The standard InChI is InChI=1S/C23H27ClN2OS/c1-7-10-26(20-11-14(2)8-9-21(20)27-6)23-25-22(17(5)28-23)18-12-15(3)16(4)13-19(18)24/h8-9,11-13H,7,10H2,1-6H3. The van der Waals surface area contributed by atoms with Crippen LogP contribution >= 0.6 is 22.9 Å². The summed E-state index contributed by atoms with van der Waals surface area (Å²) in [5.41, 5.74) is 6.62. The van der Waals surface area contributed by atoms with Crippen LogP contribution in [-0.2, 0) is 0 Å². The summed E-state index contributed by atoms with van der Waals surface area (Å²) < 4.78 is 5.63. The molecule has 0 N–H and O–H groups in total. The molecule has 0 aliphatic carbocycles. The van der Waals surface area contributed by atoms with E-state index in [1.165, 1.54) is 16.7 Å². The van der Waals surface area contributed by atoms with Gasteiger partial charge in [-0.3, -0.25) is 0 Å². The van der Waals surface area contributed by atoms with Gasteiger partial charge < -0.3 is 9.64 Å². The molecule has 0 unspecified atom stereocenters. The third-order valence-electron chi connectivity index (χ3n) is 4.93. The number of thiazole rings is 1. The smallest absolute Gasteiger partial charge is 0.190 e. The third kappa shape index (κ3) is 4.03. The molecular formula is C23H27ClN2OS. The maximum atomic E-state index is 6.57. The highest BCUT2D eigenvalue weighted by molar-refractivity contribution is 7.16. The number of benzene rings is 2. The molecule has 0 saturated carbocycles. The maximum absolute atomic E-state index is 6.57. The second-order valence-corrected chi connectivity index (χ2v) is 8.73. The summed E-state index contributed by atoms with van der Waals surface area (Å²) in [6.45, 7) is 11.4. The Balaban J connectivity index is 2.12. The molecule has 0 aliphatic rings. The number of methoxy groups -OCH3 is 1. The van der Waals surface area contributed by atoms with E-state index >= 15 is 0 Å². The molecule has 1 heterocycles. The van der Waals surface area contributed by atoms with Gasteiger partial charge in [-0.15, -0.1) is 11.3 Å². The van der Waals surface area contributed by atoms with E-state index in [0.717, 1.165) is 50.7 Å². The molecular weight excluding hydrogens is 388 g/mol. The van der Waals surface area contributed by atoms with Gasteiger partial charge in [-0.05, 0) is 75.1 Å². The number of halogens is 1. The lowest BCUT2D eigenvalue weighted by Crippen LogP contribution is -2.18. The Morgan fingerprint density at radius 1 is 1.07 bits per heavy atom. The van der Waals surface area contributed by atoms with Crippen molar-refractivity contribution in [2.24, 2.45) is 0 Å². The number of hydrogen-bond acceptors (Lipinski definition) is 4. The van der Waals surface area contributed by atoms with Crippen LogP contribution in [0.1, 0.15) is 34.9 Å². The first-order chi connectivity index (χ1) is 13.3. The largest absolute Gasteiger partial charge is 0.495 e. The molecule has 0 radical (unpaired) electrons. The lowest BCUT2D eigenvalue weighted by Gasteiger charge is -2.24. The van der Waals surface area contributed by atoms with Crippen molar-refractivity contribution < 1.29 is 4.74 Å². The van der Waals surface area contributed by atoms with E-state index in [0.29, 0.717) is 0 Å². The first-order valence-corrected chi connectivity index (χ1v) is 10.7. The Labute approximate surface area is 177 Å². The van der Waals surface area contributed by atoms with Crippen LogP contribution in [0.2, 0.25) is 5.02 Å². The number of aryl methyl sites for hydroxylation is 4. The SMILES string of the molecule is CCCN(c1nc(-c2cc(C)c(C)cc2Cl)c(C)s1)c1cc(C)ccc1OC. The summed E-state index contributed by atoms with van der Waals surface area (Å²) in [4.78, 5) is 8.43. The van der Waals surface area contributed by atoms with Crippen LogP contribution in [0.5, 0.6) is 5.75 Å². The van der Waals surface area contributed by atoms with Crippen molar-refractivity contribution in [3.8, 4) is 17.0 Å². The van der Waals surface area contributed by atoms with Gasteiger partial charge in [0.2, 0.25) is 0 Å². The van der Waals surface area contributed by atoms with Gasteiger partial charge in [0.05, 0.1) is 23.5 Å². The number of rotatable bonds is 6. The van der Waals surface area contributed by atoms with Crippen molar-refractivity contribution in [3.63, 3.8) is 0 Å². The van der Waals surface area contributed by atoms with E-state index in [9.17, 15) is 0 Å². The van der Waals surface area contributed by atoms with Crippen molar-refractivity contribution in [1.29, 1.82) is 0 Å². The molecule has 0 bridgehead atoms. The second kappa shape index (κ2) is 8.54. The predicted octanol–water partition coefficient (Wildman–Crippen LogP) is 7.25. The Kier molecular flexibility index (Phi) is 6.31. The Morgan fingerprint density at radius 2 is 1.79 bits per heavy atom. The molecule has 0 amide bonds. The Hall–Kier alpha value is -2.04. The summed E-state index contributed by atoms with van der Waals surface area (Å²) >= 11 is 8.27. The molecule has 0 saturated heterocycles. The molecule has 3 nitrogen and oxygen atoms in total. The van der Waals surface area contributed by atoms with Crippen molar-refractivity contribution in [2.75, 3.05) is 18.6 Å². The number of hydrogen-bond donors (Lipinski definition) is 0. The summed E-state index contributed by atoms with van der Waals surface area (Å²) in [5.74, 6) is 0.859. The third-order valence-corrected chi connectivity index (χ3v) is 6.23. The van der Waals surface area contributed by atoms with E-state index in [2.05, 4.69) is 57.7 Å². The average molecular weight is 415 g/mol. The van der Waals surface area contributed by atoms with Crippen LogP contribution in [0.25, 0.3) is 11.3 Å². The van der Waals surface area contributed by atoms with Gasteiger partial charge in [0.25, 0.3) is 0 Å². The first kappa shape index (κ1) is 20.7. The first-order valence-electron chi connectivity index (χ1n) is 9.52. The van der Waals surface area contributed by atoms with Crippen molar-refractivity contribution in [1.82, 2.24) is 4.98 Å². The normalized spacial score (nSPS) is 11.0. The quantitative estimate of drug-likeness (QED) is 0.424. The van der Waals surface area contributed by atoms with Crippen LogP contribution < -0.4 is 9.64 Å². The highest BCUT2D eigenvalue weighted by Crippen LogP contribution is 2.41. The molecule has 3 aromatic rings. The number of anilines is 2. The van der Waals surface area contributed by atoms with Crippen LogP contribution in [-0.4, -0.2) is 18.6 Å². The highest BCUT2D eigenvalue weighted by atomic mass is 35.5. The van der Waals surface area contributed by atoms with Gasteiger partial charge in [0.15, 0.2) is 5.13 Å². The van der Waals surface area contributed by atoms with Gasteiger partial charge in [0.1, 0.15) is 5.75 Å². The number of ether oxygens (including phenoxy) is 1. The minimum atomic E-state index is 0.748. The van der Waals surface area contributed by atoms with Crippen molar-refractivity contribution >= 4 is 33.8 Å². The fourth-order valence-electron chi connectivity index (χ4n) is 3.26. The molecule has 0 aliphatic heterocycles. The summed E-state index contributed by atoms with van der Waals surface area (Å²) in [6, 6.07) is 10.4. The lowest BCUT2D eigenvalue weighted by atomic mass is 10.0. The zero-order valence-corrected chi connectivity index (χ0v) is 19.0. The monoisotopic (exact) mass is 414 g/mol. The van der Waals surface area contributed by atoms with E-state index in [4.69, 9.17) is 21.3 Å². The van der Waals surface area contributed by atoms with E-state index in [1.807, 2.05) is 12.1 Å². The molecule has 28 heavy (non-hydrogen) atoms. The van der Waals surface area contributed by atoms with Gasteiger partial charge >= 0.3 is 0 Å². The zero-order valence-electron chi connectivity index (χ0n) is 17.4. The second-order valence-electron chi connectivity index (χ2n) is 7.14. The molecule has 5 heteroatoms. The molecule has 0 atom stereocenters. The molecule has 148 valence electrons. The number of nitrogens with zero attached hydrogens (tertiary/aromatic N) is 2. The Bertz CT molecular complexity index is 997. The Morgan fingerprint density at radius 3 is 2.46 bits per heavy atom. The fourth-order valence-corrected chi connectivity index (χ4v) is 4.53. The summed E-state index contributed by atoms with van der Waals surface area (Å²) in [6.07, 6.45) is 1.01. The van der Waals surface area contributed by atoms with Gasteiger partial charge in [-0.1, -0.05) is 24.6 Å². The minimum absolute atomic E-state index is 0.748. The van der Waals surface area contributed by atoms with Gasteiger partial charge in [-0.2, -0.15) is 0 Å². The molecule has 1 aromatic heterocycles. The van der Waals surface area contributed by atoms with Crippen LogP contribution in [0.15, 0.2) is 30.3 Å². The maximum Gasteiger partial charge on any atom is 0.190 e. The number of aromatic nitrogens is 1. The highest BCUT2D eigenvalue weighted by Gasteiger charge is 2.21. The van der Waals surface area contributed by atoms with Crippen molar-refractivity contribution in [2.45, 2.75) is 41.0 Å². The lowest BCUT2D eigenvalue weighted by molar-refractivity contribution is 0.415. The molecule has 3 rings (SSSR count). The topological polar surface area (TPSA) is 25.4 Å². The zero-order chi connectivity index (χ0) is 20.4. The van der Waals surface area contributed by atoms with Gasteiger partial charge in [0, 0.05) is 17.0 Å². The van der Waals surface area contributed by atoms with Gasteiger partial charge in [-0.25, -0.2) is 4.98 Å². The minimum Gasteiger partial charge on any atom is -0.495 e. The predicted molar refractivity (Wildman–Crippen MR) is 122 cm³/mol.